The summed E-state index contributed by atoms with van der Waals surface area (Å²) in [5.74, 6) is -0.534. The van der Waals surface area contributed by atoms with E-state index < -0.39 is 17.7 Å². The molecule has 3 N–H and O–H groups in total. The Labute approximate surface area is 180 Å². The summed E-state index contributed by atoms with van der Waals surface area (Å²) in [4.78, 5) is 11.5. The summed E-state index contributed by atoms with van der Waals surface area (Å²) in [6.45, 7) is 8.97. The van der Waals surface area contributed by atoms with E-state index in [0.717, 1.165) is 22.8 Å². The van der Waals surface area contributed by atoms with Crippen LogP contribution < -0.4 is 5.32 Å². The number of anilines is 1. The molecule has 2 atom stereocenters. The van der Waals surface area contributed by atoms with Crippen molar-refractivity contribution in [3.8, 4) is 11.3 Å². The summed E-state index contributed by atoms with van der Waals surface area (Å²) < 4.78 is 35.0. The monoisotopic (exact) mass is 430 g/mol. The Morgan fingerprint density at radius 3 is 2.61 bits per heavy atom. The van der Waals surface area contributed by atoms with Crippen LogP contribution in [0.2, 0.25) is 0 Å². The van der Waals surface area contributed by atoms with Crippen molar-refractivity contribution in [2.24, 2.45) is 0 Å². The number of aromatic amines is 1. The maximum Gasteiger partial charge on any atom is 0.223 e. The lowest BCUT2D eigenvalue weighted by atomic mass is 9.94. The highest BCUT2D eigenvalue weighted by atomic mass is 19.1. The van der Waals surface area contributed by atoms with Gasteiger partial charge in [-0.1, -0.05) is 27.7 Å². The molecule has 1 aliphatic rings. The minimum Gasteiger partial charge on any atom is -0.389 e. The third-order valence-electron chi connectivity index (χ3n) is 5.74. The number of aliphatic hydroxyl groups is 1. The Hall–Kier alpha value is -2.58. The average molecular weight is 430 g/mol. The molecule has 1 aromatic carbocycles. The van der Waals surface area contributed by atoms with Gasteiger partial charge in [0.2, 0.25) is 5.95 Å². The first kappa shape index (κ1) is 21.6. The first-order valence-corrected chi connectivity index (χ1v) is 10.7. The summed E-state index contributed by atoms with van der Waals surface area (Å²) in [5, 5.41) is 13.9. The maximum absolute atomic E-state index is 15.0. The van der Waals surface area contributed by atoms with Gasteiger partial charge in [0, 0.05) is 23.3 Å². The number of nitrogens with one attached hydrogen (secondary N) is 2. The third-order valence-corrected chi connectivity index (χ3v) is 5.74. The molecular weight excluding hydrogens is 402 g/mol. The van der Waals surface area contributed by atoms with E-state index in [4.69, 9.17) is 4.74 Å². The van der Waals surface area contributed by atoms with Gasteiger partial charge < -0.3 is 20.1 Å². The first-order chi connectivity index (χ1) is 14.8. The quantitative estimate of drug-likeness (QED) is 0.546. The van der Waals surface area contributed by atoms with Gasteiger partial charge in [-0.2, -0.15) is 0 Å². The summed E-state index contributed by atoms with van der Waals surface area (Å²) in [7, 11) is 0. The van der Waals surface area contributed by atoms with E-state index in [1.54, 1.807) is 6.07 Å². The fourth-order valence-corrected chi connectivity index (χ4v) is 4.20. The first-order valence-electron chi connectivity index (χ1n) is 10.7. The Morgan fingerprint density at radius 1 is 1.16 bits per heavy atom. The lowest BCUT2D eigenvalue weighted by molar-refractivity contribution is -0.0136. The molecule has 8 heteroatoms. The number of aromatic nitrogens is 3. The number of hydrogen-bond donors (Lipinski definition) is 3. The highest BCUT2D eigenvalue weighted by Gasteiger charge is 2.25. The molecule has 1 saturated heterocycles. The third kappa shape index (κ3) is 4.14. The second kappa shape index (κ2) is 8.51. The molecule has 0 aliphatic carbocycles. The summed E-state index contributed by atoms with van der Waals surface area (Å²) in [6, 6.07) is 2.79. The molecule has 3 heterocycles. The fraction of sp³-hybridized carbons (Fsp3) is 0.478. The van der Waals surface area contributed by atoms with E-state index in [2.05, 4.69) is 48.0 Å². The van der Waals surface area contributed by atoms with Crippen LogP contribution in [0.4, 0.5) is 14.7 Å². The van der Waals surface area contributed by atoms with Crippen LogP contribution in [0.3, 0.4) is 0 Å². The highest BCUT2D eigenvalue weighted by Crippen LogP contribution is 2.37. The van der Waals surface area contributed by atoms with E-state index in [-0.39, 0.29) is 36.1 Å². The number of benzene rings is 1. The highest BCUT2D eigenvalue weighted by molar-refractivity contribution is 5.90. The van der Waals surface area contributed by atoms with Gasteiger partial charge >= 0.3 is 0 Å². The van der Waals surface area contributed by atoms with Crippen molar-refractivity contribution >= 4 is 16.9 Å². The van der Waals surface area contributed by atoms with Crippen LogP contribution in [-0.4, -0.2) is 45.4 Å². The van der Waals surface area contributed by atoms with Crippen molar-refractivity contribution < 1.29 is 18.6 Å². The van der Waals surface area contributed by atoms with Gasteiger partial charge in [-0.25, -0.2) is 18.7 Å². The number of hydrogen-bond acceptors (Lipinski definition) is 5. The Bertz CT molecular complexity index is 1100. The van der Waals surface area contributed by atoms with Gasteiger partial charge in [-0.3, -0.25) is 0 Å². The second-order valence-electron chi connectivity index (χ2n) is 8.71. The van der Waals surface area contributed by atoms with Crippen LogP contribution in [0.5, 0.6) is 0 Å². The van der Waals surface area contributed by atoms with Crippen molar-refractivity contribution in [2.45, 2.75) is 58.1 Å². The van der Waals surface area contributed by atoms with Crippen molar-refractivity contribution in [2.75, 3.05) is 18.5 Å². The zero-order valence-electron chi connectivity index (χ0n) is 18.2. The van der Waals surface area contributed by atoms with Gasteiger partial charge in [0.15, 0.2) is 5.82 Å². The maximum atomic E-state index is 15.0. The van der Waals surface area contributed by atoms with Crippen LogP contribution in [-0.2, 0) is 4.74 Å². The molecular formula is C23H28F2N4O2. The van der Waals surface area contributed by atoms with Crippen LogP contribution >= 0.6 is 0 Å². The Morgan fingerprint density at radius 2 is 1.94 bits per heavy atom. The summed E-state index contributed by atoms with van der Waals surface area (Å²) >= 11 is 0. The summed E-state index contributed by atoms with van der Waals surface area (Å²) in [5.41, 5.74) is 2.80. The van der Waals surface area contributed by atoms with E-state index in [9.17, 15) is 9.50 Å². The fourth-order valence-electron chi connectivity index (χ4n) is 4.20. The molecule has 0 saturated carbocycles. The molecule has 1 aliphatic heterocycles. The van der Waals surface area contributed by atoms with Crippen molar-refractivity contribution in [1.82, 2.24) is 15.0 Å². The lowest BCUT2D eigenvalue weighted by Gasteiger charge is -2.28. The number of nitrogens with zero attached hydrogens (tertiary/aromatic N) is 2. The summed E-state index contributed by atoms with van der Waals surface area (Å²) in [6.07, 6.45) is 0.942. The molecule has 4 rings (SSSR count). The number of rotatable bonds is 5. The number of H-pyrrole nitrogens is 1. The van der Waals surface area contributed by atoms with E-state index in [0.29, 0.717) is 24.1 Å². The molecule has 0 bridgehead atoms. The molecule has 31 heavy (non-hydrogen) atoms. The van der Waals surface area contributed by atoms with Gasteiger partial charge in [-0.15, -0.1) is 0 Å². The minimum absolute atomic E-state index is 0.0156. The van der Waals surface area contributed by atoms with Crippen molar-refractivity contribution in [3.63, 3.8) is 0 Å². The van der Waals surface area contributed by atoms with Crippen LogP contribution in [0, 0.1) is 11.6 Å². The molecule has 0 amide bonds. The molecule has 0 unspecified atom stereocenters. The molecule has 0 radical (unpaired) electrons. The smallest absolute Gasteiger partial charge is 0.223 e. The average Bonchev–Trinajstić information content (AvgIpc) is 3.12. The lowest BCUT2D eigenvalue weighted by Crippen LogP contribution is -2.42. The van der Waals surface area contributed by atoms with Gasteiger partial charge in [0.1, 0.15) is 11.5 Å². The van der Waals surface area contributed by atoms with Crippen LogP contribution in [0.25, 0.3) is 22.2 Å². The Balaban J connectivity index is 1.78. The SMILES string of the molecule is CC(C)c1[nH]c2c(F)cc(-c3nc(N[C@@H]4CCOC[C@H]4O)ncc3F)cc2c1C(C)C. The molecule has 1 fully saturated rings. The van der Waals surface area contributed by atoms with Crippen molar-refractivity contribution in [3.05, 3.63) is 41.2 Å². The molecule has 6 nitrogen and oxygen atoms in total. The largest absolute Gasteiger partial charge is 0.389 e. The van der Waals surface area contributed by atoms with E-state index in [1.165, 1.54) is 6.07 Å². The van der Waals surface area contributed by atoms with Crippen LogP contribution in [0.1, 0.15) is 57.2 Å². The van der Waals surface area contributed by atoms with Crippen molar-refractivity contribution in [1.29, 1.82) is 0 Å². The number of halogens is 2. The van der Waals surface area contributed by atoms with E-state index in [1.807, 2.05) is 0 Å². The number of fused-ring (bicyclic) bond motifs is 1. The number of aliphatic hydroxyl groups excluding tert-OH is 1. The van der Waals surface area contributed by atoms with E-state index >= 15 is 4.39 Å². The standard InChI is InChI=1S/C23H28F2N4O2/c1-11(2)19-14-7-13(8-15(24)22(14)28-20(19)12(3)4)21-16(25)9-26-23(29-21)27-17-5-6-31-10-18(17)30/h7-9,11-12,17-18,28,30H,5-6,10H2,1-4H3,(H,26,27,29)/t17-,18-/m1/s1. The van der Waals surface area contributed by atoms with Gasteiger partial charge in [0.25, 0.3) is 0 Å². The predicted octanol–water partition coefficient (Wildman–Crippen LogP) is 4.71. The zero-order chi connectivity index (χ0) is 22.3. The molecule has 3 aromatic rings. The number of ether oxygens (including phenoxy) is 1. The van der Waals surface area contributed by atoms with Gasteiger partial charge in [-0.05, 0) is 36.0 Å². The molecule has 0 spiro atoms. The minimum atomic E-state index is -0.706. The molecule has 166 valence electrons. The topological polar surface area (TPSA) is 83.1 Å². The Kier molecular flexibility index (Phi) is 5.94. The zero-order valence-corrected chi connectivity index (χ0v) is 18.2. The molecule has 2 aromatic heterocycles. The van der Waals surface area contributed by atoms with Crippen LogP contribution in [0.15, 0.2) is 18.3 Å². The second-order valence-corrected chi connectivity index (χ2v) is 8.71. The van der Waals surface area contributed by atoms with Gasteiger partial charge in [0.05, 0.1) is 30.5 Å². The normalized spacial score (nSPS) is 19.5. The predicted molar refractivity (Wildman–Crippen MR) is 116 cm³/mol.